The van der Waals surface area contributed by atoms with E-state index in [9.17, 15) is 0 Å². The lowest BCUT2D eigenvalue weighted by Gasteiger charge is -2.33. The summed E-state index contributed by atoms with van der Waals surface area (Å²) in [6, 6.07) is 61.2. The van der Waals surface area contributed by atoms with Crippen LogP contribution < -0.4 is 15.5 Å². The summed E-state index contributed by atoms with van der Waals surface area (Å²) in [4.78, 5) is 4.81. The summed E-state index contributed by atoms with van der Waals surface area (Å²) >= 11 is 0. The molecule has 0 bridgehead atoms. The first kappa shape index (κ1) is 44.2. The van der Waals surface area contributed by atoms with Gasteiger partial charge in [0.25, 0.3) is 0 Å². The van der Waals surface area contributed by atoms with Crippen molar-refractivity contribution in [2.45, 2.75) is 111 Å². The topological polar surface area (TPSA) is 32.5 Å². The molecule has 0 aliphatic heterocycles. The van der Waals surface area contributed by atoms with Crippen molar-refractivity contribution in [1.82, 2.24) is 0 Å². The third kappa shape index (κ3) is 9.30. The third-order valence-electron chi connectivity index (χ3n) is 13.0. The Hall–Kier alpha value is -5.90. The molecule has 0 saturated carbocycles. The summed E-state index contributed by atoms with van der Waals surface area (Å²) in [5.74, 6) is 1.81. The predicted molar refractivity (Wildman–Crippen MR) is 269 cm³/mol. The smallest absolute Gasteiger partial charge is 0.0546 e. The number of rotatable bonds is 15. The summed E-state index contributed by atoms with van der Waals surface area (Å²) in [5, 5.41) is 0. The van der Waals surface area contributed by atoms with Crippen LogP contribution in [0.15, 0.2) is 164 Å². The van der Waals surface area contributed by atoms with Gasteiger partial charge < -0.3 is 15.5 Å². The molecule has 7 rings (SSSR count). The molecule has 0 aliphatic carbocycles. The molecule has 0 fully saturated rings. The lowest BCUT2D eigenvalue weighted by atomic mass is 9.80. The van der Waals surface area contributed by atoms with Crippen LogP contribution in [0.5, 0.6) is 0 Å². The molecule has 62 heavy (non-hydrogen) atoms. The van der Waals surface area contributed by atoms with Gasteiger partial charge >= 0.3 is 0 Å². The Morgan fingerprint density at radius 2 is 0.726 bits per heavy atom. The van der Waals surface area contributed by atoms with Crippen molar-refractivity contribution in [2.24, 2.45) is 5.73 Å². The lowest BCUT2D eigenvalue weighted by molar-refractivity contribution is 0.414. The Morgan fingerprint density at radius 1 is 0.387 bits per heavy atom. The van der Waals surface area contributed by atoms with E-state index in [1.165, 1.54) is 33.4 Å². The van der Waals surface area contributed by atoms with Crippen LogP contribution in [-0.4, -0.2) is 0 Å². The van der Waals surface area contributed by atoms with Gasteiger partial charge in [-0.2, -0.15) is 0 Å². The van der Waals surface area contributed by atoms with Gasteiger partial charge in [-0.25, -0.2) is 0 Å². The summed E-state index contributed by atoms with van der Waals surface area (Å²) in [7, 11) is 0. The quantitative estimate of drug-likeness (QED) is 0.112. The number of nitrogens with two attached hydrogens (primary N) is 1. The largest absolute Gasteiger partial charge is 0.321 e. The Bertz CT molecular complexity index is 2420. The van der Waals surface area contributed by atoms with Crippen molar-refractivity contribution < 1.29 is 0 Å². The summed E-state index contributed by atoms with van der Waals surface area (Å²) in [6.07, 6.45) is 1.69. The minimum absolute atomic E-state index is 0.437. The standard InChI is InChI=1S/C59H67N3/c1-11-59(60,12-2)57-16-14-13-15-55(57)56-38-27-49(39-58(56)62(53-32-21-46(22-33-53)42(7)8)54-34-23-47(24-35-54)43(9)10)48-25-36-52(37-26-48)61(50-28-17-44(18-29-50)40(3)4)51-30-19-45(20-31-51)41(5)6/h13-43H,11-12,60H2,1-10H3. The van der Waals surface area contributed by atoms with Gasteiger partial charge in [-0.15, -0.1) is 0 Å². The Labute approximate surface area is 373 Å². The maximum atomic E-state index is 7.26. The first-order valence-corrected chi connectivity index (χ1v) is 22.9. The number of hydrogen-bond donors (Lipinski definition) is 1. The minimum Gasteiger partial charge on any atom is -0.321 e. The normalized spacial score (nSPS) is 11.9. The van der Waals surface area contributed by atoms with Crippen molar-refractivity contribution in [3.05, 3.63) is 192 Å². The molecule has 0 radical (unpaired) electrons. The van der Waals surface area contributed by atoms with Gasteiger partial charge in [0.15, 0.2) is 0 Å². The fourth-order valence-electron chi connectivity index (χ4n) is 8.62. The average Bonchev–Trinajstić information content (AvgIpc) is 3.30. The van der Waals surface area contributed by atoms with E-state index in [2.05, 4.69) is 243 Å². The molecule has 3 heteroatoms. The van der Waals surface area contributed by atoms with Crippen LogP contribution in [0, 0.1) is 0 Å². The van der Waals surface area contributed by atoms with Crippen molar-refractivity contribution in [2.75, 3.05) is 9.80 Å². The summed E-state index contributed by atoms with van der Waals surface area (Å²) in [6.45, 7) is 22.4. The highest BCUT2D eigenvalue weighted by atomic mass is 15.1. The molecular formula is C59H67N3. The van der Waals surface area contributed by atoms with E-state index in [-0.39, 0.29) is 0 Å². The molecule has 7 aromatic rings. The van der Waals surface area contributed by atoms with Crippen LogP contribution in [0.3, 0.4) is 0 Å². The molecule has 318 valence electrons. The molecule has 0 aromatic heterocycles. The first-order chi connectivity index (χ1) is 29.8. The predicted octanol–water partition coefficient (Wildman–Crippen LogP) is 17.4. The average molecular weight is 818 g/mol. The molecule has 2 N–H and O–H groups in total. The van der Waals surface area contributed by atoms with E-state index in [0.717, 1.165) is 63.7 Å². The van der Waals surface area contributed by atoms with Gasteiger partial charge in [-0.05, 0) is 148 Å². The van der Waals surface area contributed by atoms with E-state index >= 15 is 0 Å². The molecule has 0 heterocycles. The van der Waals surface area contributed by atoms with Gasteiger partial charge in [-0.1, -0.05) is 166 Å². The van der Waals surface area contributed by atoms with Crippen LogP contribution in [-0.2, 0) is 5.54 Å². The van der Waals surface area contributed by atoms with Gasteiger partial charge in [0.05, 0.1) is 5.69 Å². The van der Waals surface area contributed by atoms with Crippen LogP contribution in [0.4, 0.5) is 34.1 Å². The van der Waals surface area contributed by atoms with Crippen LogP contribution in [0.25, 0.3) is 22.3 Å². The number of nitrogens with zero attached hydrogens (tertiary/aromatic N) is 2. The minimum atomic E-state index is -0.457. The van der Waals surface area contributed by atoms with E-state index in [0.29, 0.717) is 23.7 Å². The Morgan fingerprint density at radius 3 is 1.10 bits per heavy atom. The lowest BCUT2D eigenvalue weighted by Crippen LogP contribution is -2.35. The molecular weight excluding hydrogens is 751 g/mol. The van der Waals surface area contributed by atoms with Crippen molar-refractivity contribution in [3.63, 3.8) is 0 Å². The molecule has 0 saturated heterocycles. The molecule has 0 amide bonds. The maximum absolute atomic E-state index is 7.26. The van der Waals surface area contributed by atoms with Crippen molar-refractivity contribution >= 4 is 34.1 Å². The fraction of sp³-hybridized carbons (Fsp3) is 0.288. The van der Waals surface area contributed by atoms with Crippen molar-refractivity contribution in [1.29, 1.82) is 0 Å². The zero-order valence-corrected chi connectivity index (χ0v) is 38.8. The second-order valence-corrected chi connectivity index (χ2v) is 18.3. The SMILES string of the molecule is CCC(N)(CC)c1ccccc1-c1ccc(-c2ccc(N(c3ccc(C(C)C)cc3)c3ccc(C(C)C)cc3)cc2)cc1N(c1ccc(C(C)C)cc1)c1ccc(C(C)C)cc1. The van der Waals surface area contributed by atoms with Crippen LogP contribution in [0.1, 0.15) is 134 Å². The summed E-state index contributed by atoms with van der Waals surface area (Å²) < 4.78 is 0. The van der Waals surface area contributed by atoms with Gasteiger partial charge in [-0.3, -0.25) is 0 Å². The first-order valence-electron chi connectivity index (χ1n) is 22.9. The molecule has 0 spiro atoms. The van der Waals surface area contributed by atoms with Gasteiger partial charge in [0.2, 0.25) is 0 Å². The van der Waals surface area contributed by atoms with Crippen molar-refractivity contribution in [3.8, 4) is 22.3 Å². The Balaban J connectivity index is 1.41. The third-order valence-corrected chi connectivity index (χ3v) is 13.0. The van der Waals surface area contributed by atoms with E-state index in [1.54, 1.807) is 0 Å². The molecule has 3 nitrogen and oxygen atoms in total. The van der Waals surface area contributed by atoms with E-state index in [4.69, 9.17) is 5.73 Å². The highest BCUT2D eigenvalue weighted by Gasteiger charge is 2.28. The number of benzene rings is 7. The van der Waals surface area contributed by atoms with Gasteiger partial charge in [0.1, 0.15) is 0 Å². The zero-order chi connectivity index (χ0) is 44.1. The highest BCUT2D eigenvalue weighted by Crippen LogP contribution is 2.46. The molecule has 0 unspecified atom stereocenters. The number of anilines is 6. The fourth-order valence-corrected chi connectivity index (χ4v) is 8.62. The molecule has 0 aliphatic rings. The molecule has 0 atom stereocenters. The highest BCUT2D eigenvalue weighted by molar-refractivity contribution is 5.92. The van der Waals surface area contributed by atoms with Crippen LogP contribution in [0.2, 0.25) is 0 Å². The maximum Gasteiger partial charge on any atom is 0.0546 e. The van der Waals surface area contributed by atoms with Gasteiger partial charge in [0, 0.05) is 39.5 Å². The Kier molecular flexibility index (Phi) is 13.5. The van der Waals surface area contributed by atoms with E-state index in [1.807, 2.05) is 0 Å². The molecule has 7 aromatic carbocycles. The monoisotopic (exact) mass is 818 g/mol. The zero-order valence-electron chi connectivity index (χ0n) is 38.8. The second kappa shape index (κ2) is 19.0. The van der Waals surface area contributed by atoms with E-state index < -0.39 is 5.54 Å². The second-order valence-electron chi connectivity index (χ2n) is 18.3. The number of hydrogen-bond acceptors (Lipinski definition) is 3. The van der Waals surface area contributed by atoms with Crippen LogP contribution >= 0.6 is 0 Å². The summed E-state index contributed by atoms with van der Waals surface area (Å²) in [5.41, 5.74) is 24.7.